The summed E-state index contributed by atoms with van der Waals surface area (Å²) in [5, 5.41) is 6.01. The van der Waals surface area contributed by atoms with Crippen LogP contribution >= 0.6 is 24.0 Å². The van der Waals surface area contributed by atoms with Gasteiger partial charge in [0.05, 0.1) is 6.61 Å². The van der Waals surface area contributed by atoms with Crippen molar-refractivity contribution in [3.8, 4) is 12.3 Å². The smallest absolute Gasteiger partial charge is 0.246 e. The van der Waals surface area contributed by atoms with Crippen molar-refractivity contribution in [3.63, 3.8) is 0 Å². The maximum absolute atomic E-state index is 12.1. The van der Waals surface area contributed by atoms with E-state index in [1.54, 1.807) is 12.1 Å². The van der Waals surface area contributed by atoms with Gasteiger partial charge in [-0.05, 0) is 43.9 Å². The average molecular weight is 484 g/mol. The van der Waals surface area contributed by atoms with Gasteiger partial charge in [0.25, 0.3) is 0 Å². The number of nitrogens with one attached hydrogen (secondary N) is 2. The number of aliphatic imine (C=N–C) groups is 1. The number of hydrogen-bond acceptors (Lipinski definition) is 3. The third-order valence-electron chi connectivity index (χ3n) is 4.00. The minimum Gasteiger partial charge on any atom is -0.379 e. The molecule has 7 heteroatoms. The van der Waals surface area contributed by atoms with Gasteiger partial charge in [-0.1, -0.05) is 12.0 Å². The van der Waals surface area contributed by atoms with E-state index in [2.05, 4.69) is 21.5 Å². The number of hydrogen-bond donors (Lipinski definition) is 2. The highest BCUT2D eigenvalue weighted by Crippen LogP contribution is 2.28. The molecule has 6 nitrogen and oxygen atoms in total. The van der Waals surface area contributed by atoms with Crippen LogP contribution in [0.1, 0.15) is 25.3 Å². The molecule has 1 aliphatic carbocycles. The molecular formula is C20H29IN4O2. The van der Waals surface area contributed by atoms with Crippen LogP contribution in [0, 0.1) is 18.3 Å². The highest BCUT2D eigenvalue weighted by Gasteiger charge is 2.21. The van der Waals surface area contributed by atoms with Crippen LogP contribution in [-0.2, 0) is 9.53 Å². The van der Waals surface area contributed by atoms with E-state index in [1.807, 2.05) is 31.0 Å². The van der Waals surface area contributed by atoms with Gasteiger partial charge in [0, 0.05) is 38.0 Å². The van der Waals surface area contributed by atoms with Gasteiger partial charge in [0.15, 0.2) is 5.96 Å². The Balaban J connectivity index is 0.00000364. The summed E-state index contributed by atoms with van der Waals surface area (Å²) >= 11 is 0. The number of amides is 1. The van der Waals surface area contributed by atoms with Crippen LogP contribution in [0.2, 0.25) is 0 Å². The Hall–Kier alpha value is -1.79. The topological polar surface area (TPSA) is 66.0 Å². The Bertz CT molecular complexity index is 668. The fraction of sp³-hybridized carbons (Fsp3) is 0.500. The molecule has 0 heterocycles. The number of carbonyl (C=O) groups excluding carboxylic acids is 1. The van der Waals surface area contributed by atoms with Gasteiger partial charge in [0.2, 0.25) is 5.91 Å². The second kappa shape index (κ2) is 12.6. The third kappa shape index (κ3) is 9.11. The maximum Gasteiger partial charge on any atom is 0.246 e. The van der Waals surface area contributed by atoms with E-state index in [0.717, 1.165) is 31.2 Å². The summed E-state index contributed by atoms with van der Waals surface area (Å²) in [7, 11) is 1.94. The molecule has 2 N–H and O–H groups in total. The first-order valence-corrected chi connectivity index (χ1v) is 9.06. The normalized spacial score (nSPS) is 13.3. The molecule has 0 aliphatic heterocycles. The van der Waals surface area contributed by atoms with E-state index in [-0.39, 0.29) is 36.4 Å². The monoisotopic (exact) mass is 484 g/mol. The summed E-state index contributed by atoms with van der Waals surface area (Å²) in [5.41, 5.74) is 1.40. The van der Waals surface area contributed by atoms with Gasteiger partial charge in [-0.3, -0.25) is 4.79 Å². The number of nitrogens with zero attached hydrogens (tertiary/aromatic N) is 2. The molecule has 1 saturated carbocycles. The zero-order valence-corrected chi connectivity index (χ0v) is 18.4. The van der Waals surface area contributed by atoms with Crippen LogP contribution in [0.4, 0.5) is 5.69 Å². The van der Waals surface area contributed by atoms with Crippen LogP contribution in [0.15, 0.2) is 29.3 Å². The summed E-state index contributed by atoms with van der Waals surface area (Å²) < 4.78 is 5.66. The SMILES string of the molecule is C#Cc1cccc(NC(=O)CN=C(NCC)N(C)CCOCC2CC2)c1.I. The number of guanidine groups is 1. The first kappa shape index (κ1) is 23.2. The molecule has 27 heavy (non-hydrogen) atoms. The first-order valence-electron chi connectivity index (χ1n) is 9.06. The highest BCUT2D eigenvalue weighted by atomic mass is 127. The zero-order valence-electron chi connectivity index (χ0n) is 16.0. The van der Waals surface area contributed by atoms with Gasteiger partial charge < -0.3 is 20.3 Å². The van der Waals surface area contributed by atoms with E-state index in [0.29, 0.717) is 18.3 Å². The number of likely N-dealkylation sites (N-methyl/N-ethyl adjacent to an activating group) is 1. The lowest BCUT2D eigenvalue weighted by molar-refractivity contribution is -0.114. The number of rotatable bonds is 9. The van der Waals surface area contributed by atoms with Gasteiger partial charge in [-0.2, -0.15) is 0 Å². The molecule has 1 amide bonds. The van der Waals surface area contributed by atoms with Crippen LogP contribution in [-0.4, -0.2) is 56.7 Å². The van der Waals surface area contributed by atoms with Gasteiger partial charge in [-0.25, -0.2) is 4.99 Å². The molecule has 1 aliphatic rings. The summed E-state index contributed by atoms with van der Waals surface area (Å²) in [6.07, 6.45) is 7.96. The van der Waals surface area contributed by atoms with Gasteiger partial charge in [-0.15, -0.1) is 30.4 Å². The van der Waals surface area contributed by atoms with Crippen LogP contribution in [0.3, 0.4) is 0 Å². The van der Waals surface area contributed by atoms with Crippen molar-refractivity contribution >= 4 is 41.5 Å². The zero-order chi connectivity index (χ0) is 18.8. The molecule has 1 aromatic carbocycles. The predicted octanol–water partition coefficient (Wildman–Crippen LogP) is 2.55. The molecule has 1 fully saturated rings. The van der Waals surface area contributed by atoms with Crippen molar-refractivity contribution in [1.29, 1.82) is 0 Å². The number of benzene rings is 1. The molecule has 1 aromatic rings. The molecule has 0 spiro atoms. The second-order valence-electron chi connectivity index (χ2n) is 6.38. The average Bonchev–Trinajstić information content (AvgIpc) is 3.46. The number of anilines is 1. The van der Waals surface area contributed by atoms with Crippen molar-refractivity contribution in [3.05, 3.63) is 29.8 Å². The summed E-state index contributed by atoms with van der Waals surface area (Å²) in [4.78, 5) is 18.5. The minimum atomic E-state index is -0.187. The highest BCUT2D eigenvalue weighted by molar-refractivity contribution is 14.0. The number of ether oxygens (including phenoxy) is 1. The second-order valence-corrected chi connectivity index (χ2v) is 6.38. The number of halogens is 1. The lowest BCUT2D eigenvalue weighted by Gasteiger charge is -2.22. The minimum absolute atomic E-state index is 0. The molecule has 0 atom stereocenters. The lowest BCUT2D eigenvalue weighted by Crippen LogP contribution is -2.41. The molecule has 0 radical (unpaired) electrons. The molecule has 148 valence electrons. The predicted molar refractivity (Wildman–Crippen MR) is 121 cm³/mol. The fourth-order valence-electron chi connectivity index (χ4n) is 2.35. The lowest BCUT2D eigenvalue weighted by atomic mass is 10.2. The number of terminal acetylenes is 1. The standard InChI is InChI=1S/C20H28N4O2.HI/c1-4-16-7-6-8-18(13-16)23-19(25)14-22-20(21-5-2)24(3)11-12-26-15-17-9-10-17;/h1,6-8,13,17H,5,9-12,14-15H2,2-3H3,(H,21,22)(H,23,25);1H. The molecule has 0 saturated heterocycles. The van der Waals surface area contributed by atoms with Crippen LogP contribution in [0.25, 0.3) is 0 Å². The Morgan fingerprint density at radius 1 is 1.44 bits per heavy atom. The molecule has 0 bridgehead atoms. The fourth-order valence-corrected chi connectivity index (χ4v) is 2.35. The van der Waals surface area contributed by atoms with Crippen molar-refractivity contribution in [2.75, 3.05) is 45.2 Å². The summed E-state index contributed by atoms with van der Waals surface area (Å²) in [5.74, 6) is 3.82. The Morgan fingerprint density at radius 2 is 2.22 bits per heavy atom. The van der Waals surface area contributed by atoms with E-state index < -0.39 is 0 Å². The van der Waals surface area contributed by atoms with E-state index >= 15 is 0 Å². The van der Waals surface area contributed by atoms with Crippen molar-refractivity contribution in [2.45, 2.75) is 19.8 Å². The molecular weight excluding hydrogens is 455 g/mol. The quantitative estimate of drug-likeness (QED) is 0.186. The largest absolute Gasteiger partial charge is 0.379 e. The molecule has 2 rings (SSSR count). The maximum atomic E-state index is 12.1. The third-order valence-corrected chi connectivity index (χ3v) is 4.00. The van der Waals surface area contributed by atoms with E-state index in [4.69, 9.17) is 11.2 Å². The van der Waals surface area contributed by atoms with Gasteiger partial charge >= 0.3 is 0 Å². The summed E-state index contributed by atoms with van der Waals surface area (Å²) in [6.45, 7) is 5.00. The molecule has 0 unspecified atom stereocenters. The van der Waals surface area contributed by atoms with Crippen LogP contribution < -0.4 is 10.6 Å². The van der Waals surface area contributed by atoms with Crippen molar-refractivity contribution in [2.24, 2.45) is 10.9 Å². The van der Waals surface area contributed by atoms with Crippen molar-refractivity contribution in [1.82, 2.24) is 10.2 Å². The van der Waals surface area contributed by atoms with E-state index in [9.17, 15) is 4.79 Å². The molecule has 0 aromatic heterocycles. The number of carbonyl (C=O) groups is 1. The van der Waals surface area contributed by atoms with Crippen LogP contribution in [0.5, 0.6) is 0 Å². The Morgan fingerprint density at radius 3 is 2.89 bits per heavy atom. The van der Waals surface area contributed by atoms with E-state index in [1.165, 1.54) is 12.8 Å². The Labute approximate surface area is 179 Å². The Kier molecular flexibility index (Phi) is 10.8. The summed E-state index contributed by atoms with van der Waals surface area (Å²) in [6, 6.07) is 7.19. The first-order chi connectivity index (χ1) is 12.6. The van der Waals surface area contributed by atoms with Gasteiger partial charge in [0.1, 0.15) is 6.54 Å². The van der Waals surface area contributed by atoms with Crippen molar-refractivity contribution < 1.29 is 9.53 Å².